The summed E-state index contributed by atoms with van der Waals surface area (Å²) in [5.74, 6) is 0. The van der Waals surface area contributed by atoms with Crippen LogP contribution < -0.4 is 17.3 Å². The van der Waals surface area contributed by atoms with Gasteiger partial charge in [-0.05, 0) is 43.8 Å². The molecule has 0 aliphatic rings. The number of likely N-dealkylation sites (N-methyl/N-ethyl adjacent to an activating group) is 1. The smallest absolute Gasteiger partial charge is 0.0977 e. The summed E-state index contributed by atoms with van der Waals surface area (Å²) in [7, 11) is 2.18. The molecule has 2 nitrogen and oxygen atoms in total. The SMILES string of the molecule is CCCC.CCCC[NH+](C)CC(C)(C)N(Cl)Cl.[Cl-]. The first-order valence-corrected chi connectivity index (χ1v) is 7.42. The van der Waals surface area contributed by atoms with Gasteiger partial charge in [-0.25, -0.2) is 0 Å². The molecule has 0 rings (SSSR count). The highest BCUT2D eigenvalue weighted by Gasteiger charge is 2.28. The van der Waals surface area contributed by atoms with Crippen molar-refractivity contribution in [2.75, 3.05) is 20.1 Å². The average molecular weight is 322 g/mol. The molecule has 0 bridgehead atoms. The van der Waals surface area contributed by atoms with Crippen LogP contribution in [0.1, 0.15) is 60.3 Å². The third-order valence-electron chi connectivity index (χ3n) is 2.65. The second-order valence-electron chi connectivity index (χ2n) is 5.28. The molecule has 114 valence electrons. The molecule has 0 radical (unpaired) electrons. The molecule has 0 aliphatic carbocycles. The zero-order chi connectivity index (χ0) is 13.9. The first-order chi connectivity index (χ1) is 7.81. The standard InChI is InChI=1S/C9H20Cl2N2.C4H10.ClH/c1-5-6-7-12(4)8-9(2,3)13(10)11;1-3-4-2;/h5-8H2,1-4H3;3-4H2,1-2H3;1H. The number of quaternary nitrogens is 1. The van der Waals surface area contributed by atoms with Gasteiger partial charge in [-0.15, -0.1) is 3.94 Å². The molecule has 18 heavy (non-hydrogen) atoms. The van der Waals surface area contributed by atoms with E-state index in [9.17, 15) is 0 Å². The second kappa shape index (κ2) is 14.2. The highest BCUT2D eigenvalue weighted by atomic mass is 35.5. The van der Waals surface area contributed by atoms with E-state index in [1.807, 2.05) is 13.8 Å². The molecule has 1 unspecified atom stereocenters. The zero-order valence-electron chi connectivity index (χ0n) is 12.8. The zero-order valence-corrected chi connectivity index (χ0v) is 15.1. The Balaban J connectivity index is -0.000000392. The molecular formula is C13H31Cl3N2. The Kier molecular flexibility index (Phi) is 18.8. The molecule has 1 N–H and O–H groups in total. The summed E-state index contributed by atoms with van der Waals surface area (Å²) in [6, 6.07) is 0. The number of halogens is 3. The van der Waals surface area contributed by atoms with Crippen molar-refractivity contribution in [2.45, 2.75) is 65.8 Å². The van der Waals surface area contributed by atoms with Crippen LogP contribution in [0, 0.1) is 0 Å². The molecule has 0 aromatic heterocycles. The van der Waals surface area contributed by atoms with Crippen LogP contribution in [0.5, 0.6) is 0 Å². The average Bonchev–Trinajstić information content (AvgIpc) is 2.26. The van der Waals surface area contributed by atoms with Crippen LogP contribution in [0.3, 0.4) is 0 Å². The third kappa shape index (κ3) is 14.8. The topological polar surface area (TPSA) is 7.68 Å². The van der Waals surface area contributed by atoms with Gasteiger partial charge < -0.3 is 17.3 Å². The van der Waals surface area contributed by atoms with E-state index in [4.69, 9.17) is 23.6 Å². The highest BCUT2D eigenvalue weighted by Crippen LogP contribution is 2.17. The maximum Gasteiger partial charge on any atom is 0.0977 e. The van der Waals surface area contributed by atoms with Gasteiger partial charge in [-0.2, -0.15) is 0 Å². The quantitative estimate of drug-likeness (QED) is 0.671. The second-order valence-corrected chi connectivity index (χ2v) is 6.13. The first kappa shape index (κ1) is 23.9. The monoisotopic (exact) mass is 320 g/mol. The Bertz CT molecular complexity index is 162. The molecule has 0 aromatic carbocycles. The van der Waals surface area contributed by atoms with E-state index in [0.29, 0.717) is 0 Å². The summed E-state index contributed by atoms with van der Waals surface area (Å²) in [5.41, 5.74) is -0.152. The summed E-state index contributed by atoms with van der Waals surface area (Å²) in [5, 5.41) is 0. The van der Waals surface area contributed by atoms with Crippen LogP contribution in [0.15, 0.2) is 0 Å². The number of nitrogens with zero attached hydrogens (tertiary/aromatic N) is 1. The summed E-state index contributed by atoms with van der Waals surface area (Å²) >= 11 is 11.5. The van der Waals surface area contributed by atoms with Gasteiger partial charge in [-0.1, -0.05) is 40.0 Å². The van der Waals surface area contributed by atoms with Gasteiger partial charge in [0.25, 0.3) is 0 Å². The van der Waals surface area contributed by atoms with Crippen molar-refractivity contribution in [2.24, 2.45) is 0 Å². The van der Waals surface area contributed by atoms with Crippen molar-refractivity contribution in [3.05, 3.63) is 0 Å². The van der Waals surface area contributed by atoms with Gasteiger partial charge >= 0.3 is 0 Å². The van der Waals surface area contributed by atoms with Crippen LogP contribution in [0.25, 0.3) is 0 Å². The van der Waals surface area contributed by atoms with E-state index in [1.54, 1.807) is 0 Å². The number of rotatable bonds is 7. The minimum absolute atomic E-state index is 0. The molecule has 0 aromatic rings. The Labute approximate surface area is 131 Å². The molecule has 1 atom stereocenters. The molecular weight excluding hydrogens is 291 g/mol. The summed E-state index contributed by atoms with van der Waals surface area (Å²) in [6.07, 6.45) is 5.13. The van der Waals surface area contributed by atoms with Gasteiger partial charge in [0.1, 0.15) is 0 Å². The Morgan fingerprint density at radius 1 is 1.00 bits per heavy atom. The predicted octanol–water partition coefficient (Wildman–Crippen LogP) is 0.500. The molecule has 0 saturated heterocycles. The van der Waals surface area contributed by atoms with Crippen molar-refractivity contribution < 1.29 is 17.3 Å². The lowest BCUT2D eigenvalue weighted by Crippen LogP contribution is -3.11. The number of hydrogen-bond donors (Lipinski definition) is 1. The lowest BCUT2D eigenvalue weighted by Gasteiger charge is -2.29. The fraction of sp³-hybridized carbons (Fsp3) is 1.00. The largest absolute Gasteiger partial charge is 1.00 e. The van der Waals surface area contributed by atoms with Crippen molar-refractivity contribution in [1.82, 2.24) is 3.94 Å². The Hall–Kier alpha value is 0.790. The Morgan fingerprint density at radius 2 is 1.44 bits per heavy atom. The van der Waals surface area contributed by atoms with Crippen LogP contribution in [0.2, 0.25) is 0 Å². The number of nitrogens with one attached hydrogen (secondary N) is 1. The van der Waals surface area contributed by atoms with Gasteiger partial charge in [0.05, 0.1) is 25.7 Å². The summed E-state index contributed by atoms with van der Waals surface area (Å²) in [6.45, 7) is 12.8. The minimum Gasteiger partial charge on any atom is -1.00 e. The van der Waals surface area contributed by atoms with Crippen LogP contribution in [0.4, 0.5) is 0 Å². The van der Waals surface area contributed by atoms with Gasteiger partial charge in [0.2, 0.25) is 0 Å². The molecule has 0 aliphatic heterocycles. The molecule has 5 heteroatoms. The fourth-order valence-corrected chi connectivity index (χ4v) is 1.48. The van der Waals surface area contributed by atoms with Crippen LogP contribution in [-0.2, 0) is 0 Å². The molecule has 0 heterocycles. The minimum atomic E-state index is -0.152. The van der Waals surface area contributed by atoms with Gasteiger partial charge in [0, 0.05) is 0 Å². The van der Waals surface area contributed by atoms with E-state index < -0.39 is 0 Å². The van der Waals surface area contributed by atoms with E-state index in [0.717, 1.165) is 6.54 Å². The number of hydrogen-bond acceptors (Lipinski definition) is 1. The third-order valence-corrected chi connectivity index (χ3v) is 3.56. The normalized spacial score (nSPS) is 12.5. The maximum atomic E-state index is 5.73. The first-order valence-electron chi connectivity index (χ1n) is 6.74. The van der Waals surface area contributed by atoms with E-state index in [1.165, 1.54) is 41.1 Å². The van der Waals surface area contributed by atoms with Crippen molar-refractivity contribution >= 4 is 23.6 Å². The van der Waals surface area contributed by atoms with Crippen LogP contribution in [-0.4, -0.2) is 29.6 Å². The molecule has 0 saturated carbocycles. The molecule has 0 fully saturated rings. The lowest BCUT2D eigenvalue weighted by molar-refractivity contribution is -0.884. The van der Waals surface area contributed by atoms with Gasteiger partial charge in [0.15, 0.2) is 0 Å². The highest BCUT2D eigenvalue weighted by molar-refractivity contribution is 6.34. The maximum absolute atomic E-state index is 5.73. The van der Waals surface area contributed by atoms with Crippen LogP contribution >= 0.6 is 23.6 Å². The Morgan fingerprint density at radius 3 is 1.72 bits per heavy atom. The lowest BCUT2D eigenvalue weighted by atomic mass is 10.1. The number of unbranched alkanes of at least 4 members (excludes halogenated alkanes) is 2. The van der Waals surface area contributed by atoms with Crippen molar-refractivity contribution in [1.29, 1.82) is 0 Å². The molecule has 0 spiro atoms. The predicted molar refractivity (Wildman–Crippen MR) is 79.7 cm³/mol. The van der Waals surface area contributed by atoms with E-state index in [-0.39, 0.29) is 17.9 Å². The van der Waals surface area contributed by atoms with Crippen molar-refractivity contribution in [3.63, 3.8) is 0 Å². The fourth-order valence-electron chi connectivity index (χ4n) is 1.37. The van der Waals surface area contributed by atoms with Gasteiger partial charge in [-0.3, -0.25) is 0 Å². The summed E-state index contributed by atoms with van der Waals surface area (Å²) < 4.78 is 1.25. The summed E-state index contributed by atoms with van der Waals surface area (Å²) in [4.78, 5) is 1.47. The van der Waals surface area contributed by atoms with E-state index >= 15 is 0 Å². The van der Waals surface area contributed by atoms with E-state index in [2.05, 4.69) is 27.8 Å². The van der Waals surface area contributed by atoms with Crippen molar-refractivity contribution in [3.8, 4) is 0 Å². The molecule has 0 amide bonds.